The molecule has 2 aromatic rings. The van der Waals surface area contributed by atoms with Crippen LogP contribution in [0, 0.1) is 0 Å². The zero-order chi connectivity index (χ0) is 11.4. The molecule has 0 unspecified atom stereocenters. The zero-order valence-electron chi connectivity index (χ0n) is 9.14. The summed E-state index contributed by atoms with van der Waals surface area (Å²) in [6, 6.07) is 5.56. The lowest BCUT2D eigenvalue weighted by Gasteiger charge is -2.04. The molecule has 5 heteroatoms. The molecule has 0 amide bonds. The lowest BCUT2D eigenvalue weighted by Crippen LogP contribution is -1.97. The van der Waals surface area contributed by atoms with E-state index in [2.05, 4.69) is 20.3 Å². The molecule has 2 aromatic heterocycles. The SMILES string of the molecule is CNc1nccc(-c2ccnc(OC)c2)n1. The molecule has 0 saturated heterocycles. The maximum Gasteiger partial charge on any atom is 0.222 e. The second-order valence-electron chi connectivity index (χ2n) is 3.10. The number of ether oxygens (including phenoxy) is 1. The Morgan fingerprint density at radius 1 is 1.19 bits per heavy atom. The molecule has 5 nitrogen and oxygen atoms in total. The van der Waals surface area contributed by atoms with Gasteiger partial charge in [-0.25, -0.2) is 15.0 Å². The van der Waals surface area contributed by atoms with Crippen molar-refractivity contribution in [1.82, 2.24) is 15.0 Å². The summed E-state index contributed by atoms with van der Waals surface area (Å²) in [4.78, 5) is 12.4. The highest BCUT2D eigenvalue weighted by Gasteiger charge is 2.02. The molecule has 0 atom stereocenters. The van der Waals surface area contributed by atoms with Gasteiger partial charge in [0.2, 0.25) is 11.8 Å². The Morgan fingerprint density at radius 3 is 2.75 bits per heavy atom. The van der Waals surface area contributed by atoms with Crippen LogP contribution in [0.5, 0.6) is 5.88 Å². The third-order valence-electron chi connectivity index (χ3n) is 2.12. The normalized spacial score (nSPS) is 9.88. The van der Waals surface area contributed by atoms with E-state index in [4.69, 9.17) is 4.74 Å². The largest absolute Gasteiger partial charge is 0.481 e. The molecule has 0 aliphatic rings. The lowest BCUT2D eigenvalue weighted by molar-refractivity contribution is 0.398. The van der Waals surface area contributed by atoms with Gasteiger partial charge in [0.05, 0.1) is 12.8 Å². The molecule has 0 radical (unpaired) electrons. The molecule has 1 N–H and O–H groups in total. The van der Waals surface area contributed by atoms with Crippen molar-refractivity contribution >= 4 is 5.95 Å². The van der Waals surface area contributed by atoms with Gasteiger partial charge < -0.3 is 10.1 Å². The van der Waals surface area contributed by atoms with Crippen LogP contribution in [0.1, 0.15) is 0 Å². The van der Waals surface area contributed by atoms with Crippen LogP contribution in [0.4, 0.5) is 5.95 Å². The van der Waals surface area contributed by atoms with Gasteiger partial charge in [0.15, 0.2) is 0 Å². The van der Waals surface area contributed by atoms with Crippen LogP contribution >= 0.6 is 0 Å². The van der Waals surface area contributed by atoms with E-state index in [1.165, 1.54) is 0 Å². The molecule has 2 heterocycles. The van der Waals surface area contributed by atoms with Crippen molar-refractivity contribution in [2.24, 2.45) is 0 Å². The van der Waals surface area contributed by atoms with Gasteiger partial charge in [-0.2, -0.15) is 0 Å². The molecule has 0 saturated carbocycles. The minimum absolute atomic E-state index is 0.571. The van der Waals surface area contributed by atoms with Gasteiger partial charge >= 0.3 is 0 Å². The van der Waals surface area contributed by atoms with Gasteiger partial charge in [0.25, 0.3) is 0 Å². The van der Waals surface area contributed by atoms with Crippen LogP contribution < -0.4 is 10.1 Å². The number of methoxy groups -OCH3 is 1. The standard InChI is InChI=1S/C11H12N4O/c1-12-11-14-6-4-9(15-11)8-3-5-13-10(7-8)16-2/h3-7H,1-2H3,(H,12,14,15). The van der Waals surface area contributed by atoms with Gasteiger partial charge in [-0.3, -0.25) is 0 Å². The van der Waals surface area contributed by atoms with Gasteiger partial charge in [-0.15, -0.1) is 0 Å². The topological polar surface area (TPSA) is 59.9 Å². The first kappa shape index (κ1) is 10.4. The molecule has 0 aromatic carbocycles. The molecular weight excluding hydrogens is 204 g/mol. The van der Waals surface area contributed by atoms with Crippen LogP contribution in [0.25, 0.3) is 11.3 Å². The predicted molar refractivity (Wildman–Crippen MR) is 61.4 cm³/mol. The molecule has 0 aliphatic carbocycles. The maximum absolute atomic E-state index is 5.06. The first-order valence-corrected chi connectivity index (χ1v) is 4.84. The van der Waals surface area contributed by atoms with Crippen LogP contribution in [0.15, 0.2) is 30.6 Å². The average molecular weight is 216 g/mol. The summed E-state index contributed by atoms with van der Waals surface area (Å²) in [5, 5.41) is 2.90. The Morgan fingerprint density at radius 2 is 2.00 bits per heavy atom. The van der Waals surface area contributed by atoms with E-state index in [0.717, 1.165) is 11.3 Å². The minimum Gasteiger partial charge on any atom is -0.481 e. The van der Waals surface area contributed by atoms with Crippen LogP contribution in [-0.4, -0.2) is 29.1 Å². The maximum atomic E-state index is 5.06. The second kappa shape index (κ2) is 4.57. The predicted octanol–water partition coefficient (Wildman–Crippen LogP) is 1.59. The number of anilines is 1. The third kappa shape index (κ3) is 2.08. The first-order valence-electron chi connectivity index (χ1n) is 4.84. The van der Waals surface area contributed by atoms with Gasteiger partial charge in [-0.1, -0.05) is 0 Å². The van der Waals surface area contributed by atoms with Gasteiger partial charge in [0, 0.05) is 31.1 Å². The summed E-state index contributed by atoms with van der Waals surface area (Å²) in [6.07, 6.45) is 3.40. The molecule has 2 rings (SSSR count). The fourth-order valence-corrected chi connectivity index (χ4v) is 1.32. The molecule has 82 valence electrons. The van der Waals surface area contributed by atoms with E-state index in [9.17, 15) is 0 Å². The van der Waals surface area contributed by atoms with Crippen molar-refractivity contribution in [2.75, 3.05) is 19.5 Å². The van der Waals surface area contributed by atoms with E-state index < -0.39 is 0 Å². The van der Waals surface area contributed by atoms with Crippen molar-refractivity contribution in [2.45, 2.75) is 0 Å². The monoisotopic (exact) mass is 216 g/mol. The highest BCUT2D eigenvalue weighted by atomic mass is 16.5. The number of hydrogen-bond donors (Lipinski definition) is 1. The summed E-state index contributed by atoms with van der Waals surface area (Å²) in [5.74, 6) is 1.16. The van der Waals surface area contributed by atoms with E-state index in [1.54, 1.807) is 26.6 Å². The lowest BCUT2D eigenvalue weighted by atomic mass is 10.2. The van der Waals surface area contributed by atoms with Crippen molar-refractivity contribution in [3.63, 3.8) is 0 Å². The molecule has 16 heavy (non-hydrogen) atoms. The number of hydrogen-bond acceptors (Lipinski definition) is 5. The van der Waals surface area contributed by atoms with Crippen molar-refractivity contribution < 1.29 is 4.74 Å². The first-order chi connectivity index (χ1) is 7.83. The summed E-state index contributed by atoms with van der Waals surface area (Å²) in [7, 11) is 3.37. The van der Waals surface area contributed by atoms with E-state index in [0.29, 0.717) is 11.8 Å². The fraction of sp³-hybridized carbons (Fsp3) is 0.182. The number of nitrogens with one attached hydrogen (secondary N) is 1. The van der Waals surface area contributed by atoms with Crippen molar-refractivity contribution in [3.8, 4) is 17.1 Å². The van der Waals surface area contributed by atoms with E-state index in [-0.39, 0.29) is 0 Å². The highest BCUT2D eigenvalue weighted by molar-refractivity contribution is 5.60. The van der Waals surface area contributed by atoms with Gasteiger partial charge in [0.1, 0.15) is 0 Å². The highest BCUT2D eigenvalue weighted by Crippen LogP contribution is 2.20. The smallest absolute Gasteiger partial charge is 0.222 e. The number of nitrogens with zero attached hydrogens (tertiary/aromatic N) is 3. The van der Waals surface area contributed by atoms with E-state index in [1.807, 2.05) is 18.2 Å². The number of aromatic nitrogens is 3. The molecule has 0 bridgehead atoms. The molecule has 0 spiro atoms. The van der Waals surface area contributed by atoms with Crippen LogP contribution in [0.2, 0.25) is 0 Å². The Labute approximate surface area is 93.5 Å². The van der Waals surface area contributed by atoms with Crippen molar-refractivity contribution in [1.29, 1.82) is 0 Å². The Kier molecular flexibility index (Phi) is 2.95. The Bertz CT molecular complexity index is 441. The zero-order valence-corrected chi connectivity index (χ0v) is 9.14. The minimum atomic E-state index is 0.571. The molecule has 0 aliphatic heterocycles. The number of pyridine rings is 1. The Hall–Kier alpha value is -2.17. The summed E-state index contributed by atoms with van der Waals surface area (Å²) < 4.78 is 5.06. The third-order valence-corrected chi connectivity index (χ3v) is 2.12. The number of rotatable bonds is 3. The van der Waals surface area contributed by atoms with Crippen molar-refractivity contribution in [3.05, 3.63) is 30.6 Å². The van der Waals surface area contributed by atoms with E-state index >= 15 is 0 Å². The Balaban J connectivity index is 2.41. The quantitative estimate of drug-likeness (QED) is 0.844. The fourth-order valence-electron chi connectivity index (χ4n) is 1.32. The summed E-state index contributed by atoms with van der Waals surface area (Å²) in [5.41, 5.74) is 1.78. The molecular formula is C11H12N4O. The molecule has 0 fully saturated rings. The van der Waals surface area contributed by atoms with Crippen LogP contribution in [-0.2, 0) is 0 Å². The second-order valence-corrected chi connectivity index (χ2v) is 3.10. The summed E-state index contributed by atoms with van der Waals surface area (Å²) in [6.45, 7) is 0. The van der Waals surface area contributed by atoms with Crippen LogP contribution in [0.3, 0.4) is 0 Å². The average Bonchev–Trinajstić information content (AvgIpc) is 2.39. The summed E-state index contributed by atoms with van der Waals surface area (Å²) >= 11 is 0. The van der Waals surface area contributed by atoms with Gasteiger partial charge in [-0.05, 0) is 12.1 Å².